The molecule has 1 aromatic heterocycles. The molecule has 0 bridgehead atoms. The molecule has 9 heteroatoms. The Morgan fingerprint density at radius 3 is 2.70 bits per heavy atom. The number of carbonyl (C=O) groups excluding carboxylic acids is 1. The van der Waals surface area contributed by atoms with Crippen molar-refractivity contribution < 1.29 is 9.90 Å². The summed E-state index contributed by atoms with van der Waals surface area (Å²) in [6.07, 6.45) is 2.78. The number of hydrazone groups is 1. The lowest BCUT2D eigenvalue weighted by Crippen LogP contribution is -2.26. The molecule has 2 heterocycles. The average Bonchev–Trinajstić information content (AvgIpc) is 3.36. The summed E-state index contributed by atoms with van der Waals surface area (Å²) in [5.41, 5.74) is 11.1. The van der Waals surface area contributed by atoms with Gasteiger partial charge in [0.15, 0.2) is 6.29 Å². The fourth-order valence-corrected chi connectivity index (χ4v) is 3.93. The maximum atomic E-state index is 11.8. The Hall–Kier alpha value is -3.98. The van der Waals surface area contributed by atoms with E-state index in [2.05, 4.69) is 10.1 Å². The number of aliphatic hydroxyl groups is 1. The van der Waals surface area contributed by atoms with Crippen LogP contribution in [0, 0.1) is 5.41 Å². The molecule has 4 rings (SSSR count). The van der Waals surface area contributed by atoms with Gasteiger partial charge in [-0.3, -0.25) is 9.80 Å². The zero-order valence-electron chi connectivity index (χ0n) is 18.4. The van der Waals surface area contributed by atoms with Gasteiger partial charge in [0.1, 0.15) is 11.9 Å². The minimum absolute atomic E-state index is 0.440. The number of nitrogens with zero attached hydrogens (tertiary/aromatic N) is 4. The van der Waals surface area contributed by atoms with Crippen LogP contribution < -0.4 is 11.2 Å². The number of nitrogens with two attached hydrogens (primary N) is 1. The second-order valence-corrected chi connectivity index (χ2v) is 7.83. The molecule has 1 radical (unpaired) electrons. The first kappa shape index (κ1) is 22.2. The Bertz CT molecular complexity index is 1270. The highest BCUT2D eigenvalue weighted by atomic mass is 16.3. The summed E-state index contributed by atoms with van der Waals surface area (Å²) < 4.78 is 1.70. The first-order valence-electron chi connectivity index (χ1n) is 10.4. The van der Waals surface area contributed by atoms with Crippen LogP contribution in [0.15, 0.2) is 58.6 Å². The van der Waals surface area contributed by atoms with Gasteiger partial charge in [-0.05, 0) is 22.7 Å². The van der Waals surface area contributed by atoms with Crippen LogP contribution >= 0.6 is 0 Å². The summed E-state index contributed by atoms with van der Waals surface area (Å²) in [6, 6.07) is 14.8. The number of aromatic nitrogens is 1. The Morgan fingerprint density at radius 1 is 1.24 bits per heavy atom. The largest absolute Gasteiger partial charge is 0.398 e. The van der Waals surface area contributed by atoms with Gasteiger partial charge in [0.05, 0.1) is 18.5 Å². The second-order valence-electron chi connectivity index (χ2n) is 7.83. The van der Waals surface area contributed by atoms with Crippen LogP contribution in [0.4, 0.5) is 11.5 Å². The fraction of sp³-hybridized carbons (Fsp3) is 0.167. The highest BCUT2D eigenvalue weighted by Gasteiger charge is 2.30. The van der Waals surface area contributed by atoms with Crippen molar-refractivity contribution in [1.82, 2.24) is 9.58 Å². The predicted molar refractivity (Wildman–Crippen MR) is 132 cm³/mol. The minimum Gasteiger partial charge on any atom is -0.398 e. The first-order valence-corrected chi connectivity index (χ1v) is 10.4. The molecule has 0 saturated heterocycles. The SMILES string of the molecule is CN(Cc1cccc(N)c1C=N)/N=C\c1c2c(n(C)c1C=O)N=C(C(O)c1ccccc1)[B]2. The standard InChI is InChI=1S/C24H24BN6O2/c1-30(13-16-9-6-10-19(27)17(16)11-26)28-12-18-20(14-32)31(2)24-21(18)25-23(29-24)22(33)15-7-4-3-5-8-15/h3-12,14,22,26,33H,13,27H2,1-2H3/b26-11?,28-12-. The van der Waals surface area contributed by atoms with Crippen molar-refractivity contribution in [2.45, 2.75) is 12.6 Å². The molecule has 2 aromatic carbocycles. The van der Waals surface area contributed by atoms with E-state index in [0.29, 0.717) is 40.5 Å². The Balaban J connectivity index is 1.59. The van der Waals surface area contributed by atoms with Crippen molar-refractivity contribution in [3.63, 3.8) is 0 Å². The van der Waals surface area contributed by atoms with Crippen molar-refractivity contribution in [3.8, 4) is 0 Å². The molecule has 3 aromatic rings. The van der Waals surface area contributed by atoms with E-state index < -0.39 is 6.10 Å². The highest BCUT2D eigenvalue weighted by Crippen LogP contribution is 2.26. The number of anilines is 1. The number of aliphatic imine (C=N–C) groups is 1. The molecule has 0 aliphatic carbocycles. The van der Waals surface area contributed by atoms with Gasteiger partial charge in [-0.15, -0.1) is 0 Å². The summed E-state index contributed by atoms with van der Waals surface area (Å²) in [5.74, 6) is 0.605. The summed E-state index contributed by atoms with van der Waals surface area (Å²) in [6.45, 7) is 0.440. The third-order valence-electron chi connectivity index (χ3n) is 5.68. The number of aliphatic hydroxyl groups excluding tert-OH is 1. The molecular formula is C24H24BN6O2. The Kier molecular flexibility index (Phi) is 6.23. The van der Waals surface area contributed by atoms with Crippen molar-refractivity contribution >= 4 is 48.6 Å². The third kappa shape index (κ3) is 4.23. The molecule has 1 unspecified atom stereocenters. The zero-order chi connectivity index (χ0) is 23.5. The zero-order valence-corrected chi connectivity index (χ0v) is 18.4. The average molecular weight is 439 g/mol. The lowest BCUT2D eigenvalue weighted by atomic mass is 9.64. The van der Waals surface area contributed by atoms with Gasteiger partial charge in [0.2, 0.25) is 7.28 Å². The van der Waals surface area contributed by atoms with Crippen LogP contribution in [0.5, 0.6) is 0 Å². The van der Waals surface area contributed by atoms with Gasteiger partial charge in [0, 0.05) is 42.7 Å². The number of fused-ring (bicyclic) bond motifs is 1. The highest BCUT2D eigenvalue weighted by molar-refractivity contribution is 6.89. The number of nitrogens with one attached hydrogen (secondary N) is 1. The lowest BCUT2D eigenvalue weighted by molar-refractivity contribution is 0.111. The normalized spacial score (nSPS) is 13.4. The van der Waals surface area contributed by atoms with E-state index in [1.54, 1.807) is 36.2 Å². The van der Waals surface area contributed by atoms with Gasteiger partial charge in [-0.1, -0.05) is 42.5 Å². The topological polar surface area (TPSA) is 120 Å². The van der Waals surface area contributed by atoms with Crippen LogP contribution in [0.2, 0.25) is 0 Å². The molecule has 1 aliphatic rings. The minimum atomic E-state index is -0.867. The van der Waals surface area contributed by atoms with E-state index in [9.17, 15) is 9.90 Å². The van der Waals surface area contributed by atoms with E-state index in [1.165, 1.54) is 6.21 Å². The van der Waals surface area contributed by atoms with Crippen LogP contribution in [0.1, 0.15) is 38.8 Å². The predicted octanol–water partition coefficient (Wildman–Crippen LogP) is 1.99. The van der Waals surface area contributed by atoms with Crippen LogP contribution in [0.3, 0.4) is 0 Å². The number of hydrogen-bond donors (Lipinski definition) is 3. The van der Waals surface area contributed by atoms with Gasteiger partial charge in [-0.2, -0.15) is 5.10 Å². The van der Waals surface area contributed by atoms with Crippen LogP contribution in [0.25, 0.3) is 0 Å². The maximum Gasteiger partial charge on any atom is 0.221 e. The van der Waals surface area contributed by atoms with E-state index in [4.69, 9.17) is 11.1 Å². The van der Waals surface area contributed by atoms with E-state index >= 15 is 0 Å². The molecule has 33 heavy (non-hydrogen) atoms. The molecule has 165 valence electrons. The van der Waals surface area contributed by atoms with E-state index in [1.807, 2.05) is 49.5 Å². The van der Waals surface area contributed by atoms with Crippen molar-refractivity contribution in [3.05, 3.63) is 76.5 Å². The number of rotatable bonds is 8. The number of carbonyl (C=O) groups is 1. The molecule has 0 saturated carbocycles. The summed E-state index contributed by atoms with van der Waals surface area (Å²) >= 11 is 0. The van der Waals surface area contributed by atoms with Crippen molar-refractivity contribution in [2.24, 2.45) is 17.1 Å². The van der Waals surface area contributed by atoms with Gasteiger partial charge >= 0.3 is 0 Å². The first-order chi connectivity index (χ1) is 15.9. The summed E-state index contributed by atoms with van der Waals surface area (Å²) in [5, 5.41) is 24.6. The molecule has 4 N–H and O–H groups in total. The monoisotopic (exact) mass is 439 g/mol. The lowest BCUT2D eigenvalue weighted by Gasteiger charge is -2.15. The summed E-state index contributed by atoms with van der Waals surface area (Å²) in [4.78, 5) is 16.4. The van der Waals surface area contributed by atoms with Gasteiger partial charge in [-0.25, -0.2) is 4.99 Å². The van der Waals surface area contributed by atoms with Crippen LogP contribution in [-0.4, -0.2) is 53.3 Å². The Labute approximate surface area is 192 Å². The molecule has 1 atom stereocenters. The molecule has 8 nitrogen and oxygen atoms in total. The second kappa shape index (κ2) is 9.26. The van der Waals surface area contributed by atoms with Gasteiger partial charge in [0.25, 0.3) is 0 Å². The number of nitrogen functional groups attached to an aromatic ring is 1. The molecule has 0 spiro atoms. The molecule has 0 amide bonds. The van der Waals surface area contributed by atoms with Crippen molar-refractivity contribution in [1.29, 1.82) is 5.41 Å². The number of benzene rings is 2. The maximum absolute atomic E-state index is 11.8. The Morgan fingerprint density at radius 2 is 2.00 bits per heavy atom. The number of aldehydes is 1. The van der Waals surface area contributed by atoms with E-state index in [0.717, 1.165) is 22.9 Å². The van der Waals surface area contributed by atoms with Crippen LogP contribution in [-0.2, 0) is 13.6 Å². The van der Waals surface area contributed by atoms with Gasteiger partial charge < -0.3 is 20.8 Å². The third-order valence-corrected chi connectivity index (χ3v) is 5.68. The molecule has 1 aliphatic heterocycles. The quantitative estimate of drug-likeness (QED) is 0.163. The number of hydrogen-bond acceptors (Lipinski definition) is 7. The summed E-state index contributed by atoms with van der Waals surface area (Å²) in [7, 11) is 5.37. The molecule has 0 fully saturated rings. The van der Waals surface area contributed by atoms with E-state index in [-0.39, 0.29) is 0 Å². The smallest absolute Gasteiger partial charge is 0.221 e. The fourth-order valence-electron chi connectivity index (χ4n) is 3.93. The molecular weight excluding hydrogens is 415 g/mol. The van der Waals surface area contributed by atoms with Crippen molar-refractivity contribution in [2.75, 3.05) is 12.8 Å².